The molecule has 6 nitrogen and oxygen atoms in total. The molecule has 1 atom stereocenters. The van der Waals surface area contributed by atoms with Gasteiger partial charge in [0.05, 0.1) is 11.6 Å². The van der Waals surface area contributed by atoms with E-state index in [1.165, 1.54) is 0 Å². The number of nitrogens with one attached hydrogen (secondary N) is 2. The maximum atomic E-state index is 4.35. The van der Waals surface area contributed by atoms with Gasteiger partial charge in [0.15, 0.2) is 5.65 Å². The molecule has 2 N–H and O–H groups in total. The first-order chi connectivity index (χ1) is 7.86. The van der Waals surface area contributed by atoms with Gasteiger partial charge in [0.25, 0.3) is 0 Å². The number of rotatable bonds is 2. The molecule has 2 aromatic rings. The molecule has 0 amide bonds. The van der Waals surface area contributed by atoms with Crippen LogP contribution in [0.15, 0.2) is 12.5 Å². The SMILES string of the molecule is CN(c1ncnc2[nH]ncc12)[C@H]1CCNC1. The average Bonchev–Trinajstić information content (AvgIpc) is 2.98. The lowest BCUT2D eigenvalue weighted by molar-refractivity contribution is 0.679. The molecule has 0 aliphatic carbocycles. The summed E-state index contributed by atoms with van der Waals surface area (Å²) in [6.45, 7) is 2.09. The summed E-state index contributed by atoms with van der Waals surface area (Å²) in [4.78, 5) is 10.7. The van der Waals surface area contributed by atoms with Gasteiger partial charge in [0, 0.05) is 19.6 Å². The number of aromatic nitrogens is 4. The maximum Gasteiger partial charge on any atom is 0.160 e. The lowest BCUT2D eigenvalue weighted by Crippen LogP contribution is -2.34. The zero-order chi connectivity index (χ0) is 11.0. The van der Waals surface area contributed by atoms with E-state index in [0.717, 1.165) is 36.4 Å². The Morgan fingerprint density at radius 3 is 3.19 bits per heavy atom. The Kier molecular flexibility index (Phi) is 2.21. The van der Waals surface area contributed by atoms with Crippen LogP contribution in [0, 0.1) is 0 Å². The van der Waals surface area contributed by atoms with E-state index < -0.39 is 0 Å². The average molecular weight is 218 g/mol. The quantitative estimate of drug-likeness (QED) is 0.751. The third-order valence-electron chi connectivity index (χ3n) is 3.14. The van der Waals surface area contributed by atoms with E-state index in [4.69, 9.17) is 0 Å². The lowest BCUT2D eigenvalue weighted by atomic mass is 10.2. The second-order valence-corrected chi connectivity index (χ2v) is 4.09. The lowest BCUT2D eigenvalue weighted by Gasteiger charge is -2.24. The summed E-state index contributed by atoms with van der Waals surface area (Å²) in [5.41, 5.74) is 0.794. The van der Waals surface area contributed by atoms with Gasteiger partial charge in [-0.2, -0.15) is 5.10 Å². The molecule has 0 saturated carbocycles. The largest absolute Gasteiger partial charge is 0.355 e. The van der Waals surface area contributed by atoms with E-state index in [0.29, 0.717) is 6.04 Å². The molecule has 1 fully saturated rings. The van der Waals surface area contributed by atoms with Crippen LogP contribution >= 0.6 is 0 Å². The van der Waals surface area contributed by atoms with E-state index in [9.17, 15) is 0 Å². The van der Waals surface area contributed by atoms with E-state index in [-0.39, 0.29) is 0 Å². The normalized spacial score (nSPS) is 20.4. The Morgan fingerprint density at radius 1 is 1.44 bits per heavy atom. The molecular weight excluding hydrogens is 204 g/mol. The fourth-order valence-electron chi connectivity index (χ4n) is 2.18. The molecule has 3 heterocycles. The van der Waals surface area contributed by atoms with Gasteiger partial charge in [-0.05, 0) is 13.0 Å². The van der Waals surface area contributed by atoms with E-state index >= 15 is 0 Å². The van der Waals surface area contributed by atoms with Crippen molar-refractivity contribution in [1.82, 2.24) is 25.5 Å². The van der Waals surface area contributed by atoms with Crippen molar-refractivity contribution in [1.29, 1.82) is 0 Å². The number of likely N-dealkylation sites (N-methyl/N-ethyl adjacent to an activating group) is 1. The van der Waals surface area contributed by atoms with Gasteiger partial charge in [-0.15, -0.1) is 0 Å². The van der Waals surface area contributed by atoms with Crippen LogP contribution in [0.4, 0.5) is 5.82 Å². The highest BCUT2D eigenvalue weighted by Gasteiger charge is 2.22. The minimum Gasteiger partial charge on any atom is -0.355 e. The molecule has 2 aromatic heterocycles. The smallest absolute Gasteiger partial charge is 0.160 e. The van der Waals surface area contributed by atoms with Crippen LogP contribution in [0.5, 0.6) is 0 Å². The molecule has 84 valence electrons. The van der Waals surface area contributed by atoms with Crippen molar-refractivity contribution < 1.29 is 0 Å². The van der Waals surface area contributed by atoms with Crippen LogP contribution in [-0.4, -0.2) is 46.3 Å². The summed E-state index contributed by atoms with van der Waals surface area (Å²) in [7, 11) is 2.08. The molecule has 0 spiro atoms. The van der Waals surface area contributed by atoms with Crippen molar-refractivity contribution >= 4 is 16.9 Å². The number of nitrogens with zero attached hydrogens (tertiary/aromatic N) is 4. The van der Waals surface area contributed by atoms with Crippen LogP contribution in [0.3, 0.4) is 0 Å². The topological polar surface area (TPSA) is 69.7 Å². The number of hydrogen-bond donors (Lipinski definition) is 2. The molecule has 1 saturated heterocycles. The number of fused-ring (bicyclic) bond motifs is 1. The molecule has 0 unspecified atom stereocenters. The molecule has 16 heavy (non-hydrogen) atoms. The van der Waals surface area contributed by atoms with Gasteiger partial charge in [-0.1, -0.05) is 0 Å². The first-order valence-corrected chi connectivity index (χ1v) is 5.44. The molecule has 6 heteroatoms. The highest BCUT2D eigenvalue weighted by atomic mass is 15.2. The van der Waals surface area contributed by atoms with Crippen LogP contribution in [-0.2, 0) is 0 Å². The highest BCUT2D eigenvalue weighted by molar-refractivity contribution is 5.86. The van der Waals surface area contributed by atoms with E-state index in [2.05, 4.69) is 37.4 Å². The number of anilines is 1. The van der Waals surface area contributed by atoms with Crippen LogP contribution < -0.4 is 10.2 Å². The minimum absolute atomic E-state index is 0.507. The van der Waals surface area contributed by atoms with Crippen molar-refractivity contribution in [3.8, 4) is 0 Å². The third kappa shape index (κ3) is 1.42. The van der Waals surface area contributed by atoms with Crippen LogP contribution in [0.1, 0.15) is 6.42 Å². The molecule has 3 rings (SSSR count). The summed E-state index contributed by atoms with van der Waals surface area (Å²) >= 11 is 0. The molecule has 1 aliphatic heterocycles. The summed E-state index contributed by atoms with van der Waals surface area (Å²) in [5, 5.41) is 11.2. The summed E-state index contributed by atoms with van der Waals surface area (Å²) in [6.07, 6.45) is 4.51. The summed E-state index contributed by atoms with van der Waals surface area (Å²) in [5.74, 6) is 0.951. The Bertz CT molecular complexity index is 487. The molecule has 1 aliphatic rings. The van der Waals surface area contributed by atoms with Crippen molar-refractivity contribution in [2.24, 2.45) is 0 Å². The third-order valence-corrected chi connectivity index (χ3v) is 3.14. The van der Waals surface area contributed by atoms with Crippen molar-refractivity contribution in [3.63, 3.8) is 0 Å². The second kappa shape index (κ2) is 3.71. The van der Waals surface area contributed by atoms with Crippen LogP contribution in [0.2, 0.25) is 0 Å². The van der Waals surface area contributed by atoms with Crippen molar-refractivity contribution in [3.05, 3.63) is 12.5 Å². The van der Waals surface area contributed by atoms with Gasteiger partial charge in [-0.3, -0.25) is 5.10 Å². The molecule has 0 bridgehead atoms. The Labute approximate surface area is 93.1 Å². The van der Waals surface area contributed by atoms with Gasteiger partial charge < -0.3 is 10.2 Å². The number of aromatic amines is 1. The fourth-order valence-corrected chi connectivity index (χ4v) is 2.18. The first kappa shape index (κ1) is 9.53. The predicted octanol–water partition coefficient (Wildman–Crippen LogP) is 0.151. The van der Waals surface area contributed by atoms with E-state index in [1.54, 1.807) is 12.5 Å². The maximum absolute atomic E-state index is 4.35. The molecular formula is C10H14N6. The number of hydrogen-bond acceptors (Lipinski definition) is 5. The van der Waals surface area contributed by atoms with Gasteiger partial charge in [0.1, 0.15) is 12.1 Å². The fraction of sp³-hybridized carbons (Fsp3) is 0.500. The Balaban J connectivity index is 2.00. The van der Waals surface area contributed by atoms with Gasteiger partial charge in [0.2, 0.25) is 0 Å². The number of H-pyrrole nitrogens is 1. The van der Waals surface area contributed by atoms with Gasteiger partial charge >= 0.3 is 0 Å². The standard InChI is InChI=1S/C10H14N6/c1-16(7-2-3-11-4-7)10-8-5-14-15-9(8)12-6-13-10/h5-7,11H,2-4H2,1H3,(H,12,13,14,15)/t7-/m0/s1. The zero-order valence-electron chi connectivity index (χ0n) is 9.14. The molecule has 0 radical (unpaired) electrons. The predicted molar refractivity (Wildman–Crippen MR) is 61.4 cm³/mol. The van der Waals surface area contributed by atoms with Crippen molar-refractivity contribution in [2.45, 2.75) is 12.5 Å². The van der Waals surface area contributed by atoms with E-state index in [1.807, 2.05) is 0 Å². The minimum atomic E-state index is 0.507. The summed E-state index contributed by atoms with van der Waals surface area (Å²) in [6, 6.07) is 0.507. The second-order valence-electron chi connectivity index (χ2n) is 4.09. The van der Waals surface area contributed by atoms with Gasteiger partial charge in [-0.25, -0.2) is 9.97 Å². The first-order valence-electron chi connectivity index (χ1n) is 5.44. The highest BCUT2D eigenvalue weighted by Crippen LogP contribution is 2.22. The van der Waals surface area contributed by atoms with Crippen LogP contribution in [0.25, 0.3) is 11.0 Å². The van der Waals surface area contributed by atoms with Crippen molar-refractivity contribution in [2.75, 3.05) is 25.0 Å². The Hall–Kier alpha value is -1.69. The molecule has 0 aromatic carbocycles. The Morgan fingerprint density at radius 2 is 2.38 bits per heavy atom. The zero-order valence-corrected chi connectivity index (χ0v) is 9.14. The monoisotopic (exact) mass is 218 g/mol. The summed E-state index contributed by atoms with van der Waals surface area (Å²) < 4.78 is 0.